The molecule has 0 radical (unpaired) electrons. The van der Waals surface area contributed by atoms with Crippen LogP contribution in [0, 0.1) is 11.7 Å². The Morgan fingerprint density at radius 2 is 1.89 bits per heavy atom. The van der Waals surface area contributed by atoms with E-state index >= 15 is 0 Å². The second-order valence-corrected chi connectivity index (χ2v) is 9.97. The fourth-order valence-electron chi connectivity index (χ4n) is 4.97. The number of carbonyl (C=O) groups excluding carboxylic acids is 1. The first-order valence-electron chi connectivity index (χ1n) is 11.8. The molecule has 1 saturated heterocycles. The van der Waals surface area contributed by atoms with Crippen molar-refractivity contribution in [1.82, 2.24) is 19.8 Å². The number of hydrogen-bond acceptors (Lipinski definition) is 3. The number of likely N-dealkylation sites (tertiary alicyclic amines) is 1. The van der Waals surface area contributed by atoms with Crippen molar-refractivity contribution in [1.29, 1.82) is 0 Å². The van der Waals surface area contributed by atoms with E-state index in [1.165, 1.54) is 18.2 Å². The first-order chi connectivity index (χ1) is 16.5. The number of pyridine rings is 1. The van der Waals surface area contributed by atoms with Gasteiger partial charge in [-0.05, 0) is 88.0 Å². The highest BCUT2D eigenvalue weighted by Crippen LogP contribution is 2.29. The van der Waals surface area contributed by atoms with Crippen LogP contribution in [-0.2, 0) is 6.42 Å². The maximum absolute atomic E-state index is 13.6. The third-order valence-electron chi connectivity index (χ3n) is 6.75. The van der Waals surface area contributed by atoms with Gasteiger partial charge in [0.15, 0.2) is 0 Å². The van der Waals surface area contributed by atoms with E-state index in [4.69, 9.17) is 0 Å². The summed E-state index contributed by atoms with van der Waals surface area (Å²) in [6.45, 7) is 4.36. The number of aromatic amines is 1. The van der Waals surface area contributed by atoms with E-state index in [0.717, 1.165) is 10.5 Å². The average molecular weight is 491 g/mol. The summed E-state index contributed by atoms with van der Waals surface area (Å²) < 4.78 is 53.6. The van der Waals surface area contributed by atoms with Crippen LogP contribution in [-0.4, -0.2) is 63.6 Å². The van der Waals surface area contributed by atoms with Gasteiger partial charge in [0.05, 0.1) is 11.0 Å². The Bertz CT molecular complexity index is 1130. The van der Waals surface area contributed by atoms with E-state index in [9.17, 15) is 22.4 Å². The number of alkyl halides is 3. The van der Waals surface area contributed by atoms with Crippen molar-refractivity contribution >= 4 is 16.9 Å². The Hall–Kier alpha value is -2.94. The van der Waals surface area contributed by atoms with Gasteiger partial charge >= 0.3 is 6.18 Å². The summed E-state index contributed by atoms with van der Waals surface area (Å²) in [5.74, 6) is -0.976. The molecule has 9 heteroatoms. The van der Waals surface area contributed by atoms with Gasteiger partial charge in [0, 0.05) is 18.3 Å². The molecule has 35 heavy (non-hydrogen) atoms. The molecule has 0 aliphatic carbocycles. The number of aromatic nitrogens is 2. The van der Waals surface area contributed by atoms with Gasteiger partial charge in [-0.1, -0.05) is 12.1 Å². The molecule has 0 spiro atoms. The number of carbonyl (C=O) groups is 1. The molecule has 0 atom stereocenters. The van der Waals surface area contributed by atoms with Crippen LogP contribution in [0.25, 0.3) is 11.0 Å². The van der Waals surface area contributed by atoms with Gasteiger partial charge in [-0.15, -0.1) is 0 Å². The summed E-state index contributed by atoms with van der Waals surface area (Å²) in [5.41, 5.74) is 1.94. The highest BCUT2D eigenvalue weighted by atomic mass is 19.4. The average Bonchev–Trinajstić information content (AvgIpc) is 3.22. The number of rotatable bonds is 7. The molecule has 0 saturated carbocycles. The molecule has 4 rings (SSSR count). The number of hydrogen-bond donors (Lipinski definition) is 1. The van der Waals surface area contributed by atoms with Crippen LogP contribution in [0.3, 0.4) is 0 Å². The van der Waals surface area contributed by atoms with E-state index in [1.807, 2.05) is 6.07 Å². The summed E-state index contributed by atoms with van der Waals surface area (Å²) in [6, 6.07) is 11.5. The molecule has 3 heterocycles. The van der Waals surface area contributed by atoms with Crippen molar-refractivity contribution in [3.63, 3.8) is 0 Å². The Labute approximate surface area is 202 Å². The van der Waals surface area contributed by atoms with Crippen LogP contribution < -0.4 is 0 Å². The minimum atomic E-state index is -4.49. The minimum absolute atomic E-state index is 0.0370. The van der Waals surface area contributed by atoms with E-state index < -0.39 is 18.6 Å². The Kier molecular flexibility index (Phi) is 7.17. The van der Waals surface area contributed by atoms with Crippen LogP contribution in [0.1, 0.15) is 42.7 Å². The van der Waals surface area contributed by atoms with Crippen LogP contribution in [0.5, 0.6) is 0 Å². The lowest BCUT2D eigenvalue weighted by molar-refractivity contribution is -0.142. The van der Waals surface area contributed by atoms with Gasteiger partial charge in [-0.2, -0.15) is 13.2 Å². The smallest absolute Gasteiger partial charge is 0.349 e. The fourth-order valence-corrected chi connectivity index (χ4v) is 4.97. The lowest BCUT2D eigenvalue weighted by atomic mass is 9.88. The minimum Gasteiger partial charge on any atom is -0.349 e. The molecule has 5 nitrogen and oxygen atoms in total. The van der Waals surface area contributed by atoms with E-state index in [2.05, 4.69) is 28.7 Å². The predicted octanol–water partition coefficient (Wildman–Crippen LogP) is 5.44. The van der Waals surface area contributed by atoms with Gasteiger partial charge in [0.2, 0.25) is 0 Å². The van der Waals surface area contributed by atoms with Gasteiger partial charge < -0.3 is 9.88 Å². The lowest BCUT2D eigenvalue weighted by Gasteiger charge is -2.44. The molecular formula is C26H30F4N4O. The van der Waals surface area contributed by atoms with Gasteiger partial charge in [-0.25, -0.2) is 4.39 Å². The summed E-state index contributed by atoms with van der Waals surface area (Å²) in [5, 5.41) is 0. The number of halogens is 4. The summed E-state index contributed by atoms with van der Waals surface area (Å²) in [7, 11) is 0. The fraction of sp³-hybridized carbons (Fsp3) is 0.462. The molecule has 1 N–H and O–H groups in total. The van der Waals surface area contributed by atoms with Crippen molar-refractivity contribution in [3.8, 4) is 0 Å². The van der Waals surface area contributed by atoms with Crippen molar-refractivity contribution in [3.05, 3.63) is 65.7 Å². The van der Waals surface area contributed by atoms with E-state index in [-0.39, 0.29) is 29.5 Å². The third-order valence-corrected chi connectivity index (χ3v) is 6.75. The molecule has 0 bridgehead atoms. The Morgan fingerprint density at radius 3 is 2.54 bits per heavy atom. The number of piperidine rings is 1. The number of fused-ring (bicyclic) bond motifs is 1. The molecule has 1 aliphatic heterocycles. The van der Waals surface area contributed by atoms with E-state index in [1.54, 1.807) is 24.4 Å². The molecule has 1 amide bonds. The van der Waals surface area contributed by atoms with Crippen LogP contribution >= 0.6 is 0 Å². The maximum atomic E-state index is 13.6. The first kappa shape index (κ1) is 25.2. The van der Waals surface area contributed by atoms with Gasteiger partial charge in [0.1, 0.15) is 18.1 Å². The van der Waals surface area contributed by atoms with Gasteiger partial charge in [0.25, 0.3) is 5.91 Å². The summed E-state index contributed by atoms with van der Waals surface area (Å²) in [6.07, 6.45) is -0.886. The highest BCUT2D eigenvalue weighted by Gasteiger charge is 2.37. The van der Waals surface area contributed by atoms with Crippen LogP contribution in [0.4, 0.5) is 17.6 Å². The first-order valence-corrected chi connectivity index (χ1v) is 11.8. The number of benzene rings is 1. The summed E-state index contributed by atoms with van der Waals surface area (Å²) >= 11 is 0. The zero-order valence-corrected chi connectivity index (χ0v) is 19.9. The van der Waals surface area contributed by atoms with Crippen molar-refractivity contribution in [2.75, 3.05) is 26.2 Å². The van der Waals surface area contributed by atoms with Crippen molar-refractivity contribution in [2.24, 2.45) is 5.92 Å². The number of amides is 1. The zero-order chi connectivity index (χ0) is 25.2. The van der Waals surface area contributed by atoms with Crippen molar-refractivity contribution < 1.29 is 22.4 Å². The number of nitrogens with zero attached hydrogens (tertiary/aromatic N) is 3. The molecule has 0 unspecified atom stereocenters. The maximum Gasteiger partial charge on any atom is 0.406 e. The standard InChI is InChI=1S/C26H30F4N4O/c1-25(2,15-19-5-3-6-20(27)13-19)34-11-8-18(9-12-34)16-33(17-26(28,29)30)24(35)23-14-22-21(32-23)7-4-10-31-22/h3-7,10,13-14,18,32H,8-9,11-12,15-17H2,1-2H3. The molecule has 2 aromatic heterocycles. The Morgan fingerprint density at radius 1 is 1.14 bits per heavy atom. The molecule has 1 aromatic carbocycles. The van der Waals surface area contributed by atoms with Crippen LogP contribution in [0.2, 0.25) is 0 Å². The lowest BCUT2D eigenvalue weighted by Crippen LogP contribution is -2.51. The third kappa shape index (κ3) is 6.39. The molecular weight excluding hydrogens is 460 g/mol. The number of H-pyrrole nitrogens is 1. The molecule has 3 aromatic rings. The predicted molar refractivity (Wildman–Crippen MR) is 127 cm³/mol. The second-order valence-electron chi connectivity index (χ2n) is 9.97. The molecule has 1 fully saturated rings. The summed E-state index contributed by atoms with van der Waals surface area (Å²) in [4.78, 5) is 23.3. The largest absolute Gasteiger partial charge is 0.406 e. The normalized spacial score (nSPS) is 16.1. The molecule has 1 aliphatic rings. The quantitative estimate of drug-likeness (QED) is 0.449. The highest BCUT2D eigenvalue weighted by molar-refractivity contribution is 5.97. The topological polar surface area (TPSA) is 52.2 Å². The van der Waals surface area contributed by atoms with Crippen LogP contribution in [0.15, 0.2) is 48.7 Å². The van der Waals surface area contributed by atoms with Gasteiger partial charge in [-0.3, -0.25) is 14.7 Å². The molecule has 188 valence electrons. The SMILES string of the molecule is CC(C)(Cc1cccc(F)c1)N1CCC(CN(CC(F)(F)F)C(=O)c2cc3ncccc3[nH]2)CC1. The number of nitrogens with one attached hydrogen (secondary N) is 1. The van der Waals surface area contributed by atoms with Crippen molar-refractivity contribution in [2.45, 2.75) is 44.8 Å². The second kappa shape index (κ2) is 9.97. The Balaban J connectivity index is 1.41. The van der Waals surface area contributed by atoms with E-state index in [0.29, 0.717) is 43.4 Å². The monoisotopic (exact) mass is 490 g/mol. The zero-order valence-electron chi connectivity index (χ0n) is 19.9.